The molecule has 4 N–H and O–H groups in total. The van der Waals surface area contributed by atoms with Gasteiger partial charge in [-0.3, -0.25) is 9.78 Å². The average molecular weight is 210 g/mol. The van der Waals surface area contributed by atoms with Crippen LogP contribution in [0.25, 0.3) is 0 Å². The van der Waals surface area contributed by atoms with Crippen molar-refractivity contribution in [2.45, 2.75) is 18.9 Å². The van der Waals surface area contributed by atoms with Crippen LogP contribution in [0.1, 0.15) is 12.8 Å². The Hall–Kier alpha value is -1.56. The highest BCUT2D eigenvalue weighted by Crippen LogP contribution is 2.11. The second-order valence-corrected chi connectivity index (χ2v) is 3.53. The zero-order valence-corrected chi connectivity index (χ0v) is 8.32. The Morgan fingerprint density at radius 2 is 2.60 bits per heavy atom. The van der Waals surface area contributed by atoms with Gasteiger partial charge in [0.2, 0.25) is 5.95 Å². The van der Waals surface area contributed by atoms with Crippen LogP contribution in [0.2, 0.25) is 0 Å². The third kappa shape index (κ3) is 2.69. The van der Waals surface area contributed by atoms with Crippen molar-refractivity contribution in [1.82, 2.24) is 9.97 Å². The molecule has 1 aromatic rings. The largest absolute Gasteiger partial charge is 0.383 e. The van der Waals surface area contributed by atoms with E-state index in [2.05, 4.69) is 15.3 Å². The summed E-state index contributed by atoms with van der Waals surface area (Å²) in [4.78, 5) is 17.6. The molecule has 2 rings (SSSR count). The van der Waals surface area contributed by atoms with Gasteiger partial charge in [0.25, 0.3) is 5.56 Å². The molecular weight excluding hydrogens is 196 g/mol. The van der Waals surface area contributed by atoms with Crippen LogP contribution >= 0.6 is 0 Å². The zero-order valence-electron chi connectivity index (χ0n) is 8.32. The summed E-state index contributed by atoms with van der Waals surface area (Å²) in [5.41, 5.74) is 5.19. The Labute approximate surface area is 86.9 Å². The lowest BCUT2D eigenvalue weighted by Gasteiger charge is -2.10. The number of anilines is 2. The number of ether oxygens (including phenoxy) is 1. The molecule has 0 saturated carbocycles. The standard InChI is InChI=1S/C9H14N4O2/c10-7-4-8(14)13-9(12-7)11-5-6-2-1-3-15-6/h4,6H,1-3,5H2,(H4,10,11,12,13,14)/t6-/m0/s1. The van der Waals surface area contributed by atoms with E-state index in [1.54, 1.807) is 0 Å². The van der Waals surface area contributed by atoms with Crippen molar-refractivity contribution in [2.24, 2.45) is 0 Å². The third-order valence-corrected chi connectivity index (χ3v) is 2.28. The number of nitrogens with two attached hydrogens (primary N) is 1. The van der Waals surface area contributed by atoms with Crippen LogP contribution in [0.3, 0.4) is 0 Å². The molecule has 0 amide bonds. The van der Waals surface area contributed by atoms with E-state index >= 15 is 0 Å². The number of nitrogen functional groups attached to an aromatic ring is 1. The molecule has 1 fully saturated rings. The van der Waals surface area contributed by atoms with Gasteiger partial charge in [-0.1, -0.05) is 0 Å². The van der Waals surface area contributed by atoms with Crippen molar-refractivity contribution in [3.63, 3.8) is 0 Å². The lowest BCUT2D eigenvalue weighted by atomic mass is 10.2. The first-order valence-electron chi connectivity index (χ1n) is 4.96. The summed E-state index contributed by atoms with van der Waals surface area (Å²) in [5.74, 6) is 0.615. The molecule has 1 aliphatic rings. The van der Waals surface area contributed by atoms with Gasteiger partial charge in [0.1, 0.15) is 5.82 Å². The summed E-state index contributed by atoms with van der Waals surface area (Å²) in [6.07, 6.45) is 2.34. The van der Waals surface area contributed by atoms with Crippen molar-refractivity contribution in [1.29, 1.82) is 0 Å². The number of aromatic amines is 1. The van der Waals surface area contributed by atoms with E-state index in [0.717, 1.165) is 19.4 Å². The molecule has 1 aromatic heterocycles. The van der Waals surface area contributed by atoms with Crippen molar-refractivity contribution in [3.05, 3.63) is 16.4 Å². The van der Waals surface area contributed by atoms with Gasteiger partial charge in [-0.05, 0) is 12.8 Å². The van der Waals surface area contributed by atoms with E-state index in [9.17, 15) is 4.79 Å². The smallest absolute Gasteiger partial charge is 0.254 e. The van der Waals surface area contributed by atoms with Gasteiger partial charge in [-0.15, -0.1) is 0 Å². The number of H-pyrrole nitrogens is 1. The molecule has 6 heteroatoms. The zero-order chi connectivity index (χ0) is 10.7. The van der Waals surface area contributed by atoms with Gasteiger partial charge in [-0.25, -0.2) is 0 Å². The van der Waals surface area contributed by atoms with Crippen LogP contribution in [0.15, 0.2) is 10.9 Å². The Morgan fingerprint density at radius 3 is 3.27 bits per heavy atom. The number of aromatic nitrogens is 2. The van der Waals surface area contributed by atoms with Gasteiger partial charge in [0.05, 0.1) is 6.10 Å². The number of rotatable bonds is 3. The first-order valence-corrected chi connectivity index (χ1v) is 4.96. The van der Waals surface area contributed by atoms with Crippen LogP contribution in [-0.2, 0) is 4.74 Å². The highest BCUT2D eigenvalue weighted by molar-refractivity contribution is 5.35. The quantitative estimate of drug-likeness (QED) is 0.650. The maximum Gasteiger partial charge on any atom is 0.254 e. The monoisotopic (exact) mass is 210 g/mol. The predicted molar refractivity (Wildman–Crippen MR) is 56.7 cm³/mol. The maximum atomic E-state index is 11.1. The van der Waals surface area contributed by atoms with Gasteiger partial charge in [0.15, 0.2) is 0 Å². The topological polar surface area (TPSA) is 93.0 Å². The average Bonchev–Trinajstić information content (AvgIpc) is 2.65. The summed E-state index contributed by atoms with van der Waals surface area (Å²) < 4.78 is 5.42. The molecule has 0 spiro atoms. The molecule has 1 atom stereocenters. The van der Waals surface area contributed by atoms with E-state index < -0.39 is 0 Å². The summed E-state index contributed by atoms with van der Waals surface area (Å²) in [6, 6.07) is 1.25. The summed E-state index contributed by atoms with van der Waals surface area (Å²) in [5, 5.41) is 3.00. The Balaban J connectivity index is 1.95. The van der Waals surface area contributed by atoms with Crippen LogP contribution in [0.5, 0.6) is 0 Å². The van der Waals surface area contributed by atoms with E-state index in [0.29, 0.717) is 12.5 Å². The van der Waals surface area contributed by atoms with Crippen LogP contribution < -0.4 is 16.6 Å². The second kappa shape index (κ2) is 4.31. The van der Waals surface area contributed by atoms with Gasteiger partial charge in [-0.2, -0.15) is 4.98 Å². The number of nitrogens with zero attached hydrogens (tertiary/aromatic N) is 1. The second-order valence-electron chi connectivity index (χ2n) is 3.53. The van der Waals surface area contributed by atoms with Crippen molar-refractivity contribution >= 4 is 11.8 Å². The minimum Gasteiger partial charge on any atom is -0.383 e. The van der Waals surface area contributed by atoms with Crippen LogP contribution in [0, 0.1) is 0 Å². The van der Waals surface area contributed by atoms with Crippen LogP contribution in [0.4, 0.5) is 11.8 Å². The normalized spacial score (nSPS) is 20.4. The number of hydrogen-bond acceptors (Lipinski definition) is 5. The third-order valence-electron chi connectivity index (χ3n) is 2.28. The minimum atomic E-state index is -0.252. The molecule has 1 aliphatic heterocycles. The first-order chi connectivity index (χ1) is 7.24. The molecule has 82 valence electrons. The fraction of sp³-hybridized carbons (Fsp3) is 0.556. The maximum absolute atomic E-state index is 11.1. The van der Waals surface area contributed by atoms with E-state index in [1.807, 2.05) is 0 Å². The molecular formula is C9H14N4O2. The Kier molecular flexibility index (Phi) is 2.86. The van der Waals surface area contributed by atoms with E-state index in [1.165, 1.54) is 6.07 Å². The predicted octanol–water partition coefficient (Wildman–Crippen LogP) is -0.0570. The van der Waals surface area contributed by atoms with E-state index in [4.69, 9.17) is 10.5 Å². The number of nitrogens with one attached hydrogen (secondary N) is 2. The summed E-state index contributed by atoms with van der Waals surface area (Å²) >= 11 is 0. The minimum absolute atomic E-state index is 0.205. The Morgan fingerprint density at radius 1 is 1.73 bits per heavy atom. The molecule has 2 heterocycles. The summed E-state index contributed by atoms with van der Waals surface area (Å²) in [6.45, 7) is 1.46. The van der Waals surface area contributed by atoms with Gasteiger partial charge < -0.3 is 15.8 Å². The fourth-order valence-electron chi connectivity index (χ4n) is 1.58. The molecule has 0 radical (unpaired) electrons. The molecule has 0 unspecified atom stereocenters. The van der Waals surface area contributed by atoms with Gasteiger partial charge in [0, 0.05) is 19.2 Å². The number of hydrogen-bond donors (Lipinski definition) is 3. The summed E-state index contributed by atoms with van der Waals surface area (Å²) in [7, 11) is 0. The molecule has 15 heavy (non-hydrogen) atoms. The van der Waals surface area contributed by atoms with Crippen molar-refractivity contribution < 1.29 is 4.74 Å². The lowest BCUT2D eigenvalue weighted by Crippen LogP contribution is -2.21. The van der Waals surface area contributed by atoms with E-state index in [-0.39, 0.29) is 17.5 Å². The molecule has 1 saturated heterocycles. The molecule has 0 aliphatic carbocycles. The van der Waals surface area contributed by atoms with Crippen molar-refractivity contribution in [2.75, 3.05) is 24.2 Å². The van der Waals surface area contributed by atoms with Crippen molar-refractivity contribution in [3.8, 4) is 0 Å². The Bertz CT molecular complexity index is 384. The molecule has 0 aromatic carbocycles. The highest BCUT2D eigenvalue weighted by atomic mass is 16.5. The first kappa shape index (κ1) is 9.97. The van der Waals surface area contributed by atoms with Gasteiger partial charge >= 0.3 is 0 Å². The SMILES string of the molecule is Nc1cc(=O)[nH]c(NC[C@@H]2CCCO2)n1. The molecule has 6 nitrogen and oxygen atoms in total. The fourth-order valence-corrected chi connectivity index (χ4v) is 1.58. The highest BCUT2D eigenvalue weighted by Gasteiger charge is 2.15. The van der Waals surface area contributed by atoms with Crippen LogP contribution in [-0.4, -0.2) is 29.2 Å². The molecule has 0 bridgehead atoms. The lowest BCUT2D eigenvalue weighted by molar-refractivity contribution is 0.120.